The second-order valence-corrected chi connectivity index (χ2v) is 4.34. The van der Waals surface area contributed by atoms with Gasteiger partial charge >= 0.3 is 0 Å². The third-order valence-corrected chi connectivity index (χ3v) is 2.91. The number of nitrogens with two attached hydrogens (primary N) is 1. The van der Waals surface area contributed by atoms with E-state index in [9.17, 15) is 0 Å². The summed E-state index contributed by atoms with van der Waals surface area (Å²) in [6, 6.07) is 8.49. The Labute approximate surface area is 96.5 Å². The molecule has 16 heavy (non-hydrogen) atoms. The SMILES string of the molecule is Cc1ccc(CC(N)C2COCCO2)cc1. The normalized spacial score (nSPS) is 23.0. The van der Waals surface area contributed by atoms with Crippen LogP contribution >= 0.6 is 0 Å². The van der Waals surface area contributed by atoms with Crippen molar-refractivity contribution in [2.75, 3.05) is 19.8 Å². The first-order valence-electron chi connectivity index (χ1n) is 5.76. The lowest BCUT2D eigenvalue weighted by Crippen LogP contribution is -2.44. The molecule has 0 aliphatic carbocycles. The standard InChI is InChI=1S/C13H19NO2/c1-10-2-4-11(5-3-10)8-12(14)13-9-15-6-7-16-13/h2-5,12-13H,6-9,14H2,1H3. The highest BCUT2D eigenvalue weighted by atomic mass is 16.6. The minimum Gasteiger partial charge on any atom is -0.376 e. The zero-order valence-electron chi connectivity index (χ0n) is 9.69. The average molecular weight is 221 g/mol. The van der Waals surface area contributed by atoms with E-state index in [1.165, 1.54) is 11.1 Å². The summed E-state index contributed by atoms with van der Waals surface area (Å²) in [6.07, 6.45) is 0.879. The second-order valence-electron chi connectivity index (χ2n) is 4.34. The van der Waals surface area contributed by atoms with Crippen LogP contribution in [0.5, 0.6) is 0 Å². The largest absolute Gasteiger partial charge is 0.376 e. The van der Waals surface area contributed by atoms with Gasteiger partial charge < -0.3 is 15.2 Å². The first-order valence-corrected chi connectivity index (χ1v) is 5.76. The summed E-state index contributed by atoms with van der Waals surface area (Å²) in [7, 11) is 0. The van der Waals surface area contributed by atoms with E-state index < -0.39 is 0 Å². The van der Waals surface area contributed by atoms with Crippen molar-refractivity contribution in [1.82, 2.24) is 0 Å². The van der Waals surface area contributed by atoms with Gasteiger partial charge in [0.25, 0.3) is 0 Å². The average Bonchev–Trinajstić information content (AvgIpc) is 2.33. The number of ether oxygens (including phenoxy) is 2. The predicted octanol–water partition coefficient (Wildman–Crippen LogP) is 1.28. The smallest absolute Gasteiger partial charge is 0.0963 e. The van der Waals surface area contributed by atoms with Crippen molar-refractivity contribution in [2.45, 2.75) is 25.5 Å². The summed E-state index contributed by atoms with van der Waals surface area (Å²) in [5, 5.41) is 0. The van der Waals surface area contributed by atoms with Gasteiger partial charge in [0.1, 0.15) is 0 Å². The van der Waals surface area contributed by atoms with Crippen LogP contribution in [0.25, 0.3) is 0 Å². The Bertz CT molecular complexity index is 317. The first-order chi connectivity index (χ1) is 7.75. The fourth-order valence-electron chi connectivity index (χ4n) is 1.88. The van der Waals surface area contributed by atoms with Crippen LogP contribution in [0.4, 0.5) is 0 Å². The van der Waals surface area contributed by atoms with Gasteiger partial charge in [-0.05, 0) is 18.9 Å². The van der Waals surface area contributed by atoms with Crippen LogP contribution < -0.4 is 5.73 Å². The van der Waals surface area contributed by atoms with Crippen LogP contribution in [0.1, 0.15) is 11.1 Å². The third kappa shape index (κ3) is 3.04. The molecule has 2 rings (SSSR count). The van der Waals surface area contributed by atoms with Crippen molar-refractivity contribution in [3.63, 3.8) is 0 Å². The van der Waals surface area contributed by atoms with Crippen LogP contribution in [0.2, 0.25) is 0 Å². The molecule has 1 aliphatic heterocycles. The van der Waals surface area contributed by atoms with Gasteiger partial charge in [-0.1, -0.05) is 29.8 Å². The Morgan fingerprint density at radius 2 is 2.06 bits per heavy atom. The van der Waals surface area contributed by atoms with Gasteiger partial charge in [0, 0.05) is 6.04 Å². The van der Waals surface area contributed by atoms with E-state index >= 15 is 0 Å². The molecule has 1 aromatic carbocycles. The van der Waals surface area contributed by atoms with Crippen molar-refractivity contribution in [1.29, 1.82) is 0 Å². The van der Waals surface area contributed by atoms with Crippen molar-refractivity contribution in [3.8, 4) is 0 Å². The Morgan fingerprint density at radius 3 is 2.69 bits per heavy atom. The van der Waals surface area contributed by atoms with E-state index in [0.717, 1.165) is 6.42 Å². The van der Waals surface area contributed by atoms with Crippen LogP contribution in [0, 0.1) is 6.92 Å². The highest BCUT2D eigenvalue weighted by molar-refractivity contribution is 5.22. The van der Waals surface area contributed by atoms with E-state index in [4.69, 9.17) is 15.2 Å². The molecular formula is C13H19NO2. The van der Waals surface area contributed by atoms with Gasteiger partial charge in [0.05, 0.1) is 25.9 Å². The molecule has 3 nitrogen and oxygen atoms in total. The molecule has 3 heteroatoms. The summed E-state index contributed by atoms with van der Waals surface area (Å²) < 4.78 is 10.9. The van der Waals surface area contributed by atoms with Crippen molar-refractivity contribution < 1.29 is 9.47 Å². The molecule has 88 valence electrons. The highest BCUT2D eigenvalue weighted by Crippen LogP contribution is 2.11. The molecule has 0 spiro atoms. The van der Waals surface area contributed by atoms with Gasteiger partial charge in [-0.3, -0.25) is 0 Å². The molecule has 2 unspecified atom stereocenters. The summed E-state index contributed by atoms with van der Waals surface area (Å²) in [6.45, 7) is 4.05. The lowest BCUT2D eigenvalue weighted by Gasteiger charge is -2.28. The molecule has 2 atom stereocenters. The minimum atomic E-state index is 0.0167. The topological polar surface area (TPSA) is 44.5 Å². The third-order valence-electron chi connectivity index (χ3n) is 2.91. The summed E-state index contributed by atoms with van der Waals surface area (Å²) in [4.78, 5) is 0. The number of rotatable bonds is 3. The molecule has 1 saturated heterocycles. The fourth-order valence-corrected chi connectivity index (χ4v) is 1.88. The Balaban J connectivity index is 1.90. The quantitative estimate of drug-likeness (QED) is 0.836. The lowest BCUT2D eigenvalue weighted by molar-refractivity contribution is -0.0967. The van der Waals surface area contributed by atoms with Crippen LogP contribution in [0.3, 0.4) is 0 Å². The number of hydrogen-bond donors (Lipinski definition) is 1. The van der Waals surface area contributed by atoms with E-state index in [0.29, 0.717) is 19.8 Å². The van der Waals surface area contributed by atoms with E-state index in [1.807, 2.05) is 0 Å². The van der Waals surface area contributed by atoms with Crippen LogP contribution in [0.15, 0.2) is 24.3 Å². The maximum atomic E-state index is 6.11. The Hall–Kier alpha value is -0.900. The first kappa shape index (κ1) is 11.6. The molecule has 0 radical (unpaired) electrons. The van der Waals surface area contributed by atoms with Gasteiger partial charge in [0.2, 0.25) is 0 Å². The second kappa shape index (κ2) is 5.43. The van der Waals surface area contributed by atoms with Crippen molar-refractivity contribution >= 4 is 0 Å². The van der Waals surface area contributed by atoms with Gasteiger partial charge in [-0.15, -0.1) is 0 Å². The zero-order valence-corrected chi connectivity index (χ0v) is 9.69. The molecule has 1 aliphatic rings. The lowest BCUT2D eigenvalue weighted by atomic mass is 10.0. The molecule has 0 amide bonds. The fraction of sp³-hybridized carbons (Fsp3) is 0.538. The van der Waals surface area contributed by atoms with Crippen LogP contribution in [-0.4, -0.2) is 32.0 Å². The molecule has 2 N–H and O–H groups in total. The number of benzene rings is 1. The van der Waals surface area contributed by atoms with E-state index in [-0.39, 0.29) is 12.1 Å². The Morgan fingerprint density at radius 1 is 1.31 bits per heavy atom. The van der Waals surface area contributed by atoms with E-state index in [1.54, 1.807) is 0 Å². The summed E-state index contributed by atoms with van der Waals surface area (Å²) >= 11 is 0. The van der Waals surface area contributed by atoms with E-state index in [2.05, 4.69) is 31.2 Å². The number of hydrogen-bond acceptors (Lipinski definition) is 3. The highest BCUT2D eigenvalue weighted by Gasteiger charge is 2.21. The predicted molar refractivity (Wildman–Crippen MR) is 63.4 cm³/mol. The molecular weight excluding hydrogens is 202 g/mol. The monoisotopic (exact) mass is 221 g/mol. The maximum Gasteiger partial charge on any atom is 0.0963 e. The van der Waals surface area contributed by atoms with Crippen molar-refractivity contribution in [2.24, 2.45) is 5.73 Å². The van der Waals surface area contributed by atoms with Crippen molar-refractivity contribution in [3.05, 3.63) is 35.4 Å². The molecule has 0 saturated carbocycles. The van der Waals surface area contributed by atoms with Gasteiger partial charge in [0.15, 0.2) is 0 Å². The minimum absolute atomic E-state index is 0.0167. The summed E-state index contributed by atoms with van der Waals surface area (Å²) in [5.41, 5.74) is 8.64. The molecule has 0 bridgehead atoms. The number of aryl methyl sites for hydroxylation is 1. The molecule has 1 fully saturated rings. The zero-order chi connectivity index (χ0) is 11.4. The van der Waals surface area contributed by atoms with Gasteiger partial charge in [-0.25, -0.2) is 0 Å². The molecule has 1 heterocycles. The van der Waals surface area contributed by atoms with Crippen LogP contribution in [-0.2, 0) is 15.9 Å². The summed E-state index contributed by atoms with van der Waals surface area (Å²) in [5.74, 6) is 0. The molecule has 1 aromatic rings. The Kier molecular flexibility index (Phi) is 3.93. The van der Waals surface area contributed by atoms with Gasteiger partial charge in [-0.2, -0.15) is 0 Å². The molecule has 0 aromatic heterocycles. The maximum absolute atomic E-state index is 6.11.